The number of aliphatic hydroxyl groups is 1. The lowest BCUT2D eigenvalue weighted by Gasteiger charge is -2.21. The van der Waals surface area contributed by atoms with Gasteiger partial charge in [0.05, 0.1) is 17.9 Å². The molecule has 1 rings (SSSR count). The fourth-order valence-corrected chi connectivity index (χ4v) is 1.24. The van der Waals surface area contributed by atoms with E-state index >= 15 is 0 Å². The highest BCUT2D eigenvalue weighted by Crippen LogP contribution is 2.11. The van der Waals surface area contributed by atoms with Crippen LogP contribution in [0.1, 0.15) is 19.5 Å². The van der Waals surface area contributed by atoms with Gasteiger partial charge >= 0.3 is 0 Å². The van der Waals surface area contributed by atoms with E-state index in [4.69, 9.17) is 4.74 Å². The van der Waals surface area contributed by atoms with E-state index in [2.05, 4.69) is 10.3 Å². The molecule has 0 amide bonds. The number of hydrogen-bond acceptors (Lipinski definition) is 4. The van der Waals surface area contributed by atoms with Crippen molar-refractivity contribution in [1.29, 1.82) is 0 Å². The summed E-state index contributed by atoms with van der Waals surface area (Å²) in [7, 11) is 1.80. The van der Waals surface area contributed by atoms with Crippen LogP contribution in [0, 0.1) is 0 Å². The molecule has 0 aliphatic rings. The first-order chi connectivity index (χ1) is 6.53. The van der Waals surface area contributed by atoms with Gasteiger partial charge in [-0.05, 0) is 13.8 Å². The number of ether oxygens (including phenoxy) is 1. The van der Waals surface area contributed by atoms with Gasteiger partial charge < -0.3 is 9.84 Å². The summed E-state index contributed by atoms with van der Waals surface area (Å²) in [6.07, 6.45) is 2.25. The minimum absolute atomic E-state index is 0.320. The zero-order chi connectivity index (χ0) is 10.6. The molecule has 80 valence electrons. The summed E-state index contributed by atoms with van der Waals surface area (Å²) >= 11 is 0. The van der Waals surface area contributed by atoms with Crippen molar-refractivity contribution in [2.45, 2.75) is 25.9 Å². The highest BCUT2D eigenvalue weighted by molar-refractivity contribution is 4.98. The van der Waals surface area contributed by atoms with Crippen molar-refractivity contribution >= 4 is 0 Å². The lowest BCUT2D eigenvalue weighted by atomic mass is 10.0. The molecule has 1 N–H and O–H groups in total. The van der Waals surface area contributed by atoms with E-state index < -0.39 is 5.60 Å². The molecule has 0 saturated heterocycles. The average molecular weight is 199 g/mol. The van der Waals surface area contributed by atoms with Crippen molar-refractivity contribution in [3.8, 4) is 0 Å². The summed E-state index contributed by atoms with van der Waals surface area (Å²) in [5.41, 5.74) is -0.0938. The van der Waals surface area contributed by atoms with E-state index in [0.717, 1.165) is 5.69 Å². The Hall–Kier alpha value is -0.940. The molecule has 0 aliphatic carbocycles. The maximum absolute atomic E-state index is 9.91. The van der Waals surface area contributed by atoms with Crippen molar-refractivity contribution in [1.82, 2.24) is 15.0 Å². The molecule has 0 aromatic carbocycles. The maximum atomic E-state index is 9.91. The molecule has 5 nitrogen and oxygen atoms in total. The molecule has 0 saturated carbocycles. The van der Waals surface area contributed by atoms with Crippen LogP contribution in [-0.4, -0.2) is 38.9 Å². The van der Waals surface area contributed by atoms with Crippen LogP contribution in [0.5, 0.6) is 0 Å². The zero-order valence-corrected chi connectivity index (χ0v) is 8.90. The van der Waals surface area contributed by atoms with Gasteiger partial charge in [-0.15, -0.1) is 5.10 Å². The predicted molar refractivity (Wildman–Crippen MR) is 51.8 cm³/mol. The first kappa shape index (κ1) is 11.1. The van der Waals surface area contributed by atoms with E-state index in [9.17, 15) is 5.11 Å². The topological polar surface area (TPSA) is 60.2 Å². The maximum Gasteiger partial charge on any atom is 0.0908 e. The van der Waals surface area contributed by atoms with Crippen molar-refractivity contribution in [3.63, 3.8) is 0 Å². The van der Waals surface area contributed by atoms with Crippen LogP contribution in [0.2, 0.25) is 0 Å². The van der Waals surface area contributed by atoms with Crippen LogP contribution in [0.25, 0.3) is 0 Å². The quantitative estimate of drug-likeness (QED) is 0.733. The predicted octanol–water partition coefficient (Wildman–Crippen LogP) is 0.145. The van der Waals surface area contributed by atoms with Gasteiger partial charge in [0, 0.05) is 26.3 Å². The van der Waals surface area contributed by atoms with Crippen LogP contribution in [0.4, 0.5) is 0 Å². The number of hydrogen-bond donors (Lipinski definition) is 1. The molecule has 0 aliphatic heterocycles. The van der Waals surface area contributed by atoms with Gasteiger partial charge in [-0.2, -0.15) is 0 Å². The molecular formula is C9H17N3O2. The van der Waals surface area contributed by atoms with Crippen LogP contribution in [0.3, 0.4) is 0 Å². The molecule has 0 radical (unpaired) electrons. The molecular weight excluding hydrogens is 182 g/mol. The highest BCUT2D eigenvalue weighted by atomic mass is 16.5. The summed E-state index contributed by atoms with van der Waals surface area (Å²) in [5.74, 6) is 0. The van der Waals surface area contributed by atoms with Crippen molar-refractivity contribution in [2.24, 2.45) is 7.05 Å². The van der Waals surface area contributed by atoms with Gasteiger partial charge in [0.1, 0.15) is 0 Å². The van der Waals surface area contributed by atoms with Gasteiger partial charge in [-0.1, -0.05) is 5.21 Å². The van der Waals surface area contributed by atoms with Gasteiger partial charge in [0.15, 0.2) is 0 Å². The van der Waals surface area contributed by atoms with Crippen LogP contribution in [-0.2, 0) is 18.2 Å². The minimum Gasteiger partial charge on any atom is -0.387 e. The largest absolute Gasteiger partial charge is 0.387 e. The zero-order valence-electron chi connectivity index (χ0n) is 8.90. The molecule has 1 aromatic rings. The van der Waals surface area contributed by atoms with E-state index in [1.807, 2.05) is 6.92 Å². The third-order valence-electron chi connectivity index (χ3n) is 1.83. The van der Waals surface area contributed by atoms with E-state index in [-0.39, 0.29) is 0 Å². The van der Waals surface area contributed by atoms with Crippen molar-refractivity contribution in [3.05, 3.63) is 11.9 Å². The first-order valence-electron chi connectivity index (χ1n) is 4.69. The molecule has 1 aromatic heterocycles. The van der Waals surface area contributed by atoms with Gasteiger partial charge in [0.25, 0.3) is 0 Å². The van der Waals surface area contributed by atoms with Crippen LogP contribution in [0.15, 0.2) is 6.20 Å². The first-order valence-corrected chi connectivity index (χ1v) is 4.69. The standard InChI is InChI=1S/C9H17N3O2/c1-4-14-7-9(2,13)5-8-6-12(3)11-10-8/h6,13H,4-5,7H2,1-3H3. The Morgan fingerprint density at radius 1 is 1.64 bits per heavy atom. The second-order valence-electron chi connectivity index (χ2n) is 3.69. The molecule has 5 heteroatoms. The monoisotopic (exact) mass is 199 g/mol. The molecule has 1 heterocycles. The normalized spacial score (nSPS) is 15.4. The van der Waals surface area contributed by atoms with E-state index in [1.54, 1.807) is 24.9 Å². The number of aryl methyl sites for hydroxylation is 1. The summed E-state index contributed by atoms with van der Waals surface area (Å²) in [4.78, 5) is 0. The van der Waals surface area contributed by atoms with Gasteiger partial charge in [-0.25, -0.2) is 0 Å². The molecule has 14 heavy (non-hydrogen) atoms. The van der Waals surface area contributed by atoms with E-state index in [0.29, 0.717) is 19.6 Å². The Bertz CT molecular complexity index is 283. The third-order valence-corrected chi connectivity index (χ3v) is 1.83. The summed E-state index contributed by atoms with van der Waals surface area (Å²) in [6, 6.07) is 0. The number of nitrogens with zero attached hydrogens (tertiary/aromatic N) is 3. The fraction of sp³-hybridized carbons (Fsp3) is 0.778. The van der Waals surface area contributed by atoms with Gasteiger partial charge in [-0.3, -0.25) is 4.68 Å². The Morgan fingerprint density at radius 3 is 2.86 bits per heavy atom. The molecule has 0 fully saturated rings. The summed E-state index contributed by atoms with van der Waals surface area (Å²) in [6.45, 7) is 4.56. The fourth-order valence-electron chi connectivity index (χ4n) is 1.24. The summed E-state index contributed by atoms with van der Waals surface area (Å²) < 4.78 is 6.79. The molecule has 1 unspecified atom stereocenters. The Balaban J connectivity index is 2.49. The van der Waals surface area contributed by atoms with Crippen molar-refractivity contribution in [2.75, 3.05) is 13.2 Å². The Morgan fingerprint density at radius 2 is 2.36 bits per heavy atom. The Kier molecular flexibility index (Phi) is 3.60. The molecule has 1 atom stereocenters. The molecule has 0 bridgehead atoms. The van der Waals surface area contributed by atoms with Gasteiger partial charge in [0.2, 0.25) is 0 Å². The van der Waals surface area contributed by atoms with Crippen LogP contribution < -0.4 is 0 Å². The smallest absolute Gasteiger partial charge is 0.0908 e. The third kappa shape index (κ3) is 3.43. The Labute approximate surface area is 83.7 Å². The number of rotatable bonds is 5. The van der Waals surface area contributed by atoms with Crippen molar-refractivity contribution < 1.29 is 9.84 Å². The lowest BCUT2D eigenvalue weighted by Crippen LogP contribution is -2.33. The number of aromatic nitrogens is 3. The second kappa shape index (κ2) is 4.52. The molecule has 0 spiro atoms. The highest BCUT2D eigenvalue weighted by Gasteiger charge is 2.22. The lowest BCUT2D eigenvalue weighted by molar-refractivity contribution is -0.0302. The van der Waals surface area contributed by atoms with E-state index in [1.165, 1.54) is 0 Å². The summed E-state index contributed by atoms with van der Waals surface area (Å²) in [5, 5.41) is 17.6. The van der Waals surface area contributed by atoms with Crippen LogP contribution >= 0.6 is 0 Å². The second-order valence-corrected chi connectivity index (χ2v) is 3.69. The SMILES string of the molecule is CCOCC(C)(O)Cc1cn(C)nn1. The average Bonchev–Trinajstić information content (AvgIpc) is 2.47. The minimum atomic E-state index is -0.869.